The van der Waals surface area contributed by atoms with Crippen LogP contribution < -0.4 is 4.90 Å². The average molecular weight is 578 g/mol. The van der Waals surface area contributed by atoms with Crippen LogP contribution in [-0.2, 0) is 0 Å². The third-order valence-electron chi connectivity index (χ3n) is 8.84. The molecule has 0 unspecified atom stereocenters. The molecule has 0 aliphatic carbocycles. The summed E-state index contributed by atoms with van der Waals surface area (Å²) in [6.07, 6.45) is 0. The molecule has 0 aliphatic rings. The zero-order valence-electron chi connectivity index (χ0n) is 23.9. The molecule has 0 saturated carbocycles. The fourth-order valence-electron chi connectivity index (χ4n) is 6.83. The number of thiophene rings is 1. The molecule has 44 heavy (non-hydrogen) atoms. The van der Waals surface area contributed by atoms with Crippen LogP contribution in [0.15, 0.2) is 164 Å². The van der Waals surface area contributed by atoms with Gasteiger partial charge in [-0.15, -0.1) is 11.3 Å². The molecule has 0 saturated heterocycles. The molecular formula is C42H27NS. The molecule has 9 rings (SSSR count). The van der Waals surface area contributed by atoms with Gasteiger partial charge in [-0.05, 0) is 62.8 Å². The summed E-state index contributed by atoms with van der Waals surface area (Å²) >= 11 is 1.87. The van der Waals surface area contributed by atoms with Gasteiger partial charge in [0, 0.05) is 36.8 Å². The first-order valence-electron chi connectivity index (χ1n) is 15.0. The van der Waals surface area contributed by atoms with Crippen molar-refractivity contribution in [1.29, 1.82) is 0 Å². The van der Waals surface area contributed by atoms with Crippen LogP contribution in [0.3, 0.4) is 0 Å². The van der Waals surface area contributed by atoms with Gasteiger partial charge in [0.2, 0.25) is 0 Å². The molecule has 0 N–H and O–H groups in total. The maximum Gasteiger partial charge on any atom is 0.0546 e. The Labute approximate surface area is 259 Å². The van der Waals surface area contributed by atoms with Gasteiger partial charge in [-0.2, -0.15) is 0 Å². The lowest BCUT2D eigenvalue weighted by Gasteiger charge is -2.29. The van der Waals surface area contributed by atoms with E-state index in [9.17, 15) is 0 Å². The molecule has 1 heterocycles. The summed E-state index contributed by atoms with van der Waals surface area (Å²) in [6.45, 7) is 0. The topological polar surface area (TPSA) is 3.24 Å². The van der Waals surface area contributed by atoms with Crippen molar-refractivity contribution in [2.75, 3.05) is 4.90 Å². The number of rotatable bonds is 4. The van der Waals surface area contributed by atoms with Crippen molar-refractivity contribution in [2.45, 2.75) is 0 Å². The fourth-order valence-corrected chi connectivity index (χ4v) is 7.97. The van der Waals surface area contributed by atoms with Gasteiger partial charge in [-0.25, -0.2) is 0 Å². The fraction of sp³-hybridized carbons (Fsp3) is 0. The minimum absolute atomic E-state index is 1.15. The summed E-state index contributed by atoms with van der Waals surface area (Å²) in [5.41, 5.74) is 5.88. The van der Waals surface area contributed by atoms with Gasteiger partial charge in [-0.3, -0.25) is 0 Å². The Morgan fingerprint density at radius 3 is 1.98 bits per heavy atom. The van der Waals surface area contributed by atoms with Crippen molar-refractivity contribution in [3.63, 3.8) is 0 Å². The summed E-state index contributed by atoms with van der Waals surface area (Å²) in [7, 11) is 0. The molecule has 0 spiro atoms. The van der Waals surface area contributed by atoms with E-state index in [2.05, 4.69) is 169 Å². The normalized spacial score (nSPS) is 11.6. The third kappa shape index (κ3) is 3.92. The predicted octanol–water partition coefficient (Wildman–Crippen LogP) is 12.7. The first-order valence-corrected chi connectivity index (χ1v) is 15.8. The maximum atomic E-state index is 2.48. The number of benzene rings is 8. The van der Waals surface area contributed by atoms with Crippen LogP contribution in [0.1, 0.15) is 0 Å². The van der Waals surface area contributed by atoms with Gasteiger partial charge in [0.15, 0.2) is 0 Å². The van der Waals surface area contributed by atoms with Crippen molar-refractivity contribution in [3.05, 3.63) is 164 Å². The van der Waals surface area contributed by atoms with Crippen molar-refractivity contribution >= 4 is 80.9 Å². The minimum atomic E-state index is 1.15. The molecule has 0 radical (unpaired) electrons. The van der Waals surface area contributed by atoms with Crippen LogP contribution in [0.4, 0.5) is 17.1 Å². The minimum Gasteiger partial charge on any atom is -0.309 e. The van der Waals surface area contributed by atoms with Gasteiger partial charge in [0.05, 0.1) is 11.4 Å². The molecule has 0 fully saturated rings. The second kappa shape index (κ2) is 10.1. The zero-order valence-corrected chi connectivity index (χ0v) is 24.8. The quantitative estimate of drug-likeness (QED) is 0.188. The van der Waals surface area contributed by atoms with Gasteiger partial charge in [0.1, 0.15) is 0 Å². The molecule has 1 nitrogen and oxygen atoms in total. The molecule has 0 atom stereocenters. The number of hydrogen-bond donors (Lipinski definition) is 0. The lowest BCUT2D eigenvalue weighted by molar-refractivity contribution is 1.31. The molecule has 0 bridgehead atoms. The second-order valence-corrected chi connectivity index (χ2v) is 12.4. The highest BCUT2D eigenvalue weighted by molar-refractivity contribution is 7.25. The van der Waals surface area contributed by atoms with E-state index in [1.54, 1.807) is 0 Å². The second-order valence-electron chi connectivity index (χ2n) is 11.3. The van der Waals surface area contributed by atoms with Gasteiger partial charge in [0.25, 0.3) is 0 Å². The monoisotopic (exact) mass is 577 g/mol. The Hall–Kier alpha value is -5.44. The summed E-state index contributed by atoms with van der Waals surface area (Å²) in [6, 6.07) is 59.8. The third-order valence-corrected chi connectivity index (χ3v) is 9.97. The first kappa shape index (κ1) is 25.1. The van der Waals surface area contributed by atoms with Crippen molar-refractivity contribution in [3.8, 4) is 11.1 Å². The lowest BCUT2D eigenvalue weighted by atomic mass is 9.95. The van der Waals surface area contributed by atoms with Crippen molar-refractivity contribution < 1.29 is 0 Å². The molecular weight excluding hydrogens is 551 g/mol. The van der Waals surface area contributed by atoms with Crippen LogP contribution in [0, 0.1) is 0 Å². The maximum absolute atomic E-state index is 2.48. The molecule has 0 amide bonds. The Balaban J connectivity index is 1.38. The summed E-state index contributed by atoms with van der Waals surface area (Å²) < 4.78 is 2.61. The number of anilines is 3. The molecule has 9 aromatic rings. The highest BCUT2D eigenvalue weighted by Crippen LogP contribution is 2.47. The molecule has 0 aliphatic heterocycles. The Bertz CT molecular complexity index is 2510. The van der Waals surface area contributed by atoms with Crippen molar-refractivity contribution in [1.82, 2.24) is 0 Å². The zero-order chi connectivity index (χ0) is 29.0. The molecule has 8 aromatic carbocycles. The van der Waals surface area contributed by atoms with Crippen LogP contribution in [0.25, 0.3) is 63.6 Å². The predicted molar refractivity (Wildman–Crippen MR) is 192 cm³/mol. The Morgan fingerprint density at radius 2 is 1.05 bits per heavy atom. The number of para-hydroxylation sites is 1. The van der Waals surface area contributed by atoms with E-state index >= 15 is 0 Å². The average Bonchev–Trinajstić information content (AvgIpc) is 3.47. The van der Waals surface area contributed by atoms with E-state index in [0.717, 1.165) is 11.4 Å². The van der Waals surface area contributed by atoms with Crippen molar-refractivity contribution in [2.24, 2.45) is 0 Å². The lowest BCUT2D eigenvalue weighted by Crippen LogP contribution is -2.11. The van der Waals surface area contributed by atoms with E-state index in [1.807, 2.05) is 11.3 Å². The van der Waals surface area contributed by atoms with Crippen LogP contribution in [0.2, 0.25) is 0 Å². The molecule has 1 aromatic heterocycles. The highest BCUT2D eigenvalue weighted by Gasteiger charge is 2.21. The first-order chi connectivity index (χ1) is 21.8. The standard InChI is InChI=1S/C42H27NS/c1-2-11-28(12-3-1)33-16-6-8-18-38(33)43(31-23-26-36-35-17-7-9-20-40(35)44-41(36)27-31)39-19-10-14-30-22-24-34-32-15-5-4-13-29(32)21-25-37(34)42(30)39/h1-27H. The van der Waals surface area contributed by atoms with Crippen LogP contribution in [-0.4, -0.2) is 0 Å². The van der Waals surface area contributed by atoms with E-state index < -0.39 is 0 Å². The smallest absolute Gasteiger partial charge is 0.0546 e. The largest absolute Gasteiger partial charge is 0.309 e. The van der Waals surface area contributed by atoms with Gasteiger partial charge >= 0.3 is 0 Å². The summed E-state index contributed by atoms with van der Waals surface area (Å²) in [5, 5.41) is 10.2. The number of nitrogens with zero attached hydrogens (tertiary/aromatic N) is 1. The van der Waals surface area contributed by atoms with E-state index in [4.69, 9.17) is 0 Å². The summed E-state index contributed by atoms with van der Waals surface area (Å²) in [5.74, 6) is 0. The van der Waals surface area contributed by atoms with Gasteiger partial charge in [-0.1, -0.05) is 133 Å². The molecule has 2 heteroatoms. The van der Waals surface area contributed by atoms with Crippen LogP contribution in [0.5, 0.6) is 0 Å². The Morgan fingerprint density at radius 1 is 0.386 bits per heavy atom. The number of fused-ring (bicyclic) bond motifs is 8. The summed E-state index contributed by atoms with van der Waals surface area (Å²) in [4.78, 5) is 2.48. The molecule has 206 valence electrons. The number of hydrogen-bond acceptors (Lipinski definition) is 2. The van der Waals surface area contributed by atoms with E-state index in [1.165, 1.54) is 69.3 Å². The highest BCUT2D eigenvalue weighted by atomic mass is 32.1. The van der Waals surface area contributed by atoms with Crippen LogP contribution >= 0.6 is 11.3 Å². The van der Waals surface area contributed by atoms with Gasteiger partial charge < -0.3 is 4.90 Å². The van der Waals surface area contributed by atoms with E-state index in [-0.39, 0.29) is 0 Å². The van der Waals surface area contributed by atoms with E-state index in [0.29, 0.717) is 0 Å². The SMILES string of the molecule is c1ccc(-c2ccccc2N(c2ccc3c(c2)sc2ccccc23)c2cccc3ccc4c5ccccc5ccc4c23)cc1. The Kier molecular flexibility index (Phi) is 5.75.